The summed E-state index contributed by atoms with van der Waals surface area (Å²) in [5.41, 5.74) is 0. The van der Waals surface area contributed by atoms with E-state index in [-0.39, 0.29) is 16.0 Å². The zero-order valence-electron chi connectivity index (χ0n) is 10.8. The first-order valence-corrected chi connectivity index (χ1v) is 7.35. The SMILES string of the molecule is COC(=O)[C@@H](NS(=O)(=O)c1ccnc(Cl)c1)C(C)C. The molecule has 0 unspecified atom stereocenters. The van der Waals surface area contributed by atoms with Crippen LogP contribution in [0.2, 0.25) is 5.15 Å². The number of methoxy groups -OCH3 is 1. The summed E-state index contributed by atoms with van der Waals surface area (Å²) in [4.78, 5) is 15.2. The van der Waals surface area contributed by atoms with Crippen LogP contribution in [0.15, 0.2) is 23.2 Å². The quantitative estimate of drug-likeness (QED) is 0.653. The number of hydrogen-bond acceptors (Lipinski definition) is 5. The van der Waals surface area contributed by atoms with E-state index in [1.165, 1.54) is 25.4 Å². The first-order valence-electron chi connectivity index (χ1n) is 5.49. The van der Waals surface area contributed by atoms with E-state index in [1.54, 1.807) is 13.8 Å². The van der Waals surface area contributed by atoms with E-state index < -0.39 is 22.0 Å². The van der Waals surface area contributed by atoms with Crippen molar-refractivity contribution < 1.29 is 17.9 Å². The topological polar surface area (TPSA) is 85.4 Å². The molecule has 0 saturated carbocycles. The van der Waals surface area contributed by atoms with Crippen molar-refractivity contribution in [3.63, 3.8) is 0 Å². The first kappa shape index (κ1) is 15.9. The minimum absolute atomic E-state index is 0.0537. The Hall–Kier alpha value is -1.18. The highest BCUT2D eigenvalue weighted by molar-refractivity contribution is 7.89. The molecule has 0 spiro atoms. The van der Waals surface area contributed by atoms with Gasteiger partial charge in [0.15, 0.2) is 0 Å². The Morgan fingerprint density at radius 3 is 2.58 bits per heavy atom. The number of rotatable bonds is 5. The molecule has 0 aliphatic heterocycles. The molecule has 0 amide bonds. The highest BCUT2D eigenvalue weighted by atomic mass is 35.5. The van der Waals surface area contributed by atoms with Crippen molar-refractivity contribution >= 4 is 27.6 Å². The lowest BCUT2D eigenvalue weighted by Crippen LogP contribution is -2.44. The van der Waals surface area contributed by atoms with Crippen LogP contribution in [0.25, 0.3) is 0 Å². The minimum Gasteiger partial charge on any atom is -0.468 e. The summed E-state index contributed by atoms with van der Waals surface area (Å²) in [6.45, 7) is 3.42. The summed E-state index contributed by atoms with van der Waals surface area (Å²) in [6.07, 6.45) is 1.28. The van der Waals surface area contributed by atoms with Crippen molar-refractivity contribution in [1.29, 1.82) is 0 Å². The number of ether oxygens (including phenoxy) is 1. The number of esters is 1. The van der Waals surface area contributed by atoms with E-state index in [4.69, 9.17) is 11.6 Å². The molecule has 0 saturated heterocycles. The number of sulfonamides is 1. The molecular weight excluding hydrogens is 292 g/mol. The number of carbonyl (C=O) groups excluding carboxylic acids is 1. The van der Waals surface area contributed by atoms with Gasteiger partial charge >= 0.3 is 5.97 Å². The summed E-state index contributed by atoms with van der Waals surface area (Å²) < 4.78 is 31.1. The molecule has 0 aliphatic carbocycles. The van der Waals surface area contributed by atoms with Gasteiger partial charge in [0.1, 0.15) is 11.2 Å². The number of aromatic nitrogens is 1. The zero-order chi connectivity index (χ0) is 14.6. The Morgan fingerprint density at radius 1 is 1.47 bits per heavy atom. The fraction of sp³-hybridized carbons (Fsp3) is 0.455. The molecule has 1 atom stereocenters. The Kier molecular flexibility index (Phi) is 5.28. The van der Waals surface area contributed by atoms with Crippen LogP contribution in [0, 0.1) is 5.92 Å². The standard InChI is InChI=1S/C11H15ClN2O4S/c1-7(2)10(11(15)18-3)14-19(16,17)8-4-5-13-9(12)6-8/h4-7,10,14H,1-3H3/t10-/m0/s1. The maximum atomic E-state index is 12.1. The van der Waals surface area contributed by atoms with Crippen molar-refractivity contribution in [3.8, 4) is 0 Å². The third-order valence-corrected chi connectivity index (χ3v) is 4.06. The Balaban J connectivity index is 3.04. The van der Waals surface area contributed by atoms with Gasteiger partial charge in [0.25, 0.3) is 0 Å². The number of nitrogens with one attached hydrogen (secondary N) is 1. The molecule has 1 N–H and O–H groups in total. The molecule has 0 radical (unpaired) electrons. The van der Waals surface area contributed by atoms with E-state index in [1.807, 2.05) is 0 Å². The molecule has 1 heterocycles. The maximum Gasteiger partial charge on any atom is 0.324 e. The lowest BCUT2D eigenvalue weighted by atomic mass is 10.1. The van der Waals surface area contributed by atoms with Gasteiger partial charge < -0.3 is 4.74 Å². The minimum atomic E-state index is -3.86. The summed E-state index contributed by atoms with van der Waals surface area (Å²) >= 11 is 5.64. The largest absolute Gasteiger partial charge is 0.468 e. The molecule has 19 heavy (non-hydrogen) atoms. The Labute approximate surface area is 117 Å². The summed E-state index contributed by atoms with van der Waals surface area (Å²) in [7, 11) is -2.65. The van der Waals surface area contributed by atoms with Crippen molar-refractivity contribution in [3.05, 3.63) is 23.5 Å². The molecule has 1 aromatic rings. The Morgan fingerprint density at radius 2 is 2.11 bits per heavy atom. The second-order valence-corrected chi connectivity index (χ2v) is 6.28. The highest BCUT2D eigenvalue weighted by Crippen LogP contribution is 2.15. The lowest BCUT2D eigenvalue weighted by Gasteiger charge is -2.19. The molecule has 8 heteroatoms. The zero-order valence-corrected chi connectivity index (χ0v) is 12.3. The Bertz CT molecular complexity index is 560. The van der Waals surface area contributed by atoms with Gasteiger partial charge in [-0.2, -0.15) is 4.72 Å². The predicted molar refractivity (Wildman–Crippen MR) is 70.2 cm³/mol. The summed E-state index contributed by atoms with van der Waals surface area (Å²) in [5, 5.41) is 0.0574. The van der Waals surface area contributed by atoms with Gasteiger partial charge in [0.2, 0.25) is 10.0 Å². The average Bonchev–Trinajstić information content (AvgIpc) is 2.35. The average molecular weight is 307 g/mol. The maximum absolute atomic E-state index is 12.1. The molecule has 0 bridgehead atoms. The number of hydrogen-bond donors (Lipinski definition) is 1. The molecule has 1 aromatic heterocycles. The van der Waals surface area contributed by atoms with Crippen LogP contribution in [0.5, 0.6) is 0 Å². The van der Waals surface area contributed by atoms with Gasteiger partial charge in [-0.15, -0.1) is 0 Å². The fourth-order valence-corrected chi connectivity index (χ4v) is 2.95. The van der Waals surface area contributed by atoms with Crippen LogP contribution in [0.4, 0.5) is 0 Å². The van der Waals surface area contributed by atoms with Crippen LogP contribution in [-0.2, 0) is 19.6 Å². The molecule has 106 valence electrons. The van der Waals surface area contributed by atoms with Crippen molar-refractivity contribution in [2.75, 3.05) is 7.11 Å². The van der Waals surface area contributed by atoms with Gasteiger partial charge in [-0.3, -0.25) is 4.79 Å². The van der Waals surface area contributed by atoms with Gasteiger partial charge in [-0.05, 0) is 18.1 Å². The fourth-order valence-electron chi connectivity index (χ4n) is 1.37. The van der Waals surface area contributed by atoms with Crippen molar-refractivity contribution in [1.82, 2.24) is 9.71 Å². The second-order valence-electron chi connectivity index (χ2n) is 4.18. The summed E-state index contributed by atoms with van der Waals surface area (Å²) in [5.74, 6) is -0.890. The number of halogens is 1. The molecule has 1 rings (SSSR count). The highest BCUT2D eigenvalue weighted by Gasteiger charge is 2.29. The van der Waals surface area contributed by atoms with Crippen molar-refractivity contribution in [2.24, 2.45) is 5.92 Å². The monoisotopic (exact) mass is 306 g/mol. The van der Waals surface area contributed by atoms with Gasteiger partial charge in [-0.25, -0.2) is 13.4 Å². The van der Waals surface area contributed by atoms with Crippen LogP contribution in [0.3, 0.4) is 0 Å². The van der Waals surface area contributed by atoms with Crippen molar-refractivity contribution in [2.45, 2.75) is 24.8 Å². The van der Waals surface area contributed by atoms with E-state index in [9.17, 15) is 13.2 Å². The molecular formula is C11H15ClN2O4S. The second kappa shape index (κ2) is 6.31. The number of pyridine rings is 1. The van der Waals surface area contributed by atoms with Gasteiger partial charge in [-0.1, -0.05) is 25.4 Å². The van der Waals surface area contributed by atoms with E-state index in [0.717, 1.165) is 0 Å². The van der Waals surface area contributed by atoms with Crippen LogP contribution < -0.4 is 4.72 Å². The third kappa shape index (κ3) is 4.15. The predicted octanol–water partition coefficient (Wildman–Crippen LogP) is 1.21. The smallest absolute Gasteiger partial charge is 0.324 e. The number of nitrogens with zero attached hydrogens (tertiary/aromatic N) is 1. The molecule has 0 aliphatic rings. The summed E-state index contributed by atoms with van der Waals surface area (Å²) in [6, 6.07) is 1.54. The van der Waals surface area contributed by atoms with Gasteiger partial charge in [0.05, 0.1) is 12.0 Å². The normalized spacial score (nSPS) is 13.3. The van der Waals surface area contributed by atoms with Crippen LogP contribution >= 0.6 is 11.6 Å². The third-order valence-electron chi connectivity index (χ3n) is 2.41. The van der Waals surface area contributed by atoms with E-state index >= 15 is 0 Å². The van der Waals surface area contributed by atoms with E-state index in [0.29, 0.717) is 0 Å². The van der Waals surface area contributed by atoms with E-state index in [2.05, 4.69) is 14.4 Å². The molecule has 6 nitrogen and oxygen atoms in total. The van der Waals surface area contributed by atoms with Gasteiger partial charge in [0, 0.05) is 6.20 Å². The van der Waals surface area contributed by atoms with Crippen LogP contribution in [0.1, 0.15) is 13.8 Å². The van der Waals surface area contributed by atoms with Crippen LogP contribution in [-0.4, -0.2) is 32.5 Å². The first-order chi connectivity index (χ1) is 8.77. The number of carbonyl (C=O) groups is 1. The molecule has 0 aromatic carbocycles. The molecule has 0 fully saturated rings. The lowest BCUT2D eigenvalue weighted by molar-refractivity contribution is -0.143.